The van der Waals surface area contributed by atoms with Gasteiger partial charge < -0.3 is 20.7 Å². The van der Waals surface area contributed by atoms with Gasteiger partial charge in [0.2, 0.25) is 5.88 Å². The molecular weight excluding hydrogens is 264 g/mol. The minimum absolute atomic E-state index is 0.461. The van der Waals surface area contributed by atoms with Gasteiger partial charge in [-0.25, -0.2) is 0 Å². The third-order valence-corrected chi connectivity index (χ3v) is 3.13. The fraction of sp³-hybridized carbons (Fsp3) is 0.312. The maximum absolute atomic E-state index is 5.83. The van der Waals surface area contributed by atoms with E-state index in [1.807, 2.05) is 33.2 Å². The van der Waals surface area contributed by atoms with Gasteiger partial charge in [0.25, 0.3) is 0 Å². The molecule has 3 N–H and O–H groups in total. The van der Waals surface area contributed by atoms with E-state index in [1.165, 1.54) is 11.3 Å². The Morgan fingerprint density at radius 1 is 1.24 bits per heavy atom. The minimum atomic E-state index is 0.461. The van der Waals surface area contributed by atoms with Crippen LogP contribution in [0.3, 0.4) is 0 Å². The molecule has 0 aliphatic heterocycles. The molecule has 0 atom stereocenters. The predicted molar refractivity (Wildman–Crippen MR) is 88.6 cm³/mol. The molecule has 0 saturated carbocycles. The number of ether oxygens (including phenoxy) is 1. The predicted octanol–water partition coefficient (Wildman–Crippen LogP) is 3.18. The number of aryl methyl sites for hydroxylation is 1. The van der Waals surface area contributed by atoms with Crippen molar-refractivity contribution in [1.82, 2.24) is 4.98 Å². The van der Waals surface area contributed by atoms with E-state index in [0.717, 1.165) is 5.69 Å². The Kier molecular flexibility index (Phi) is 4.52. The molecule has 2 aromatic rings. The van der Waals surface area contributed by atoms with E-state index in [2.05, 4.69) is 34.3 Å². The lowest BCUT2D eigenvalue weighted by Gasteiger charge is -2.17. The molecule has 0 aliphatic carbocycles. The largest absolute Gasteiger partial charge is 0.476 e. The summed E-state index contributed by atoms with van der Waals surface area (Å²) in [7, 11) is 4.06. The molecule has 0 unspecified atom stereocenters. The molecule has 0 saturated heterocycles. The minimum Gasteiger partial charge on any atom is -0.476 e. The SMILES string of the molecule is CCOc1nc(Nc2ccc(C)c(N(C)C)c2)ccc1N. The van der Waals surface area contributed by atoms with Crippen LogP contribution < -0.4 is 20.7 Å². The van der Waals surface area contributed by atoms with Crippen LogP contribution in [0.5, 0.6) is 5.88 Å². The number of anilines is 4. The normalized spacial score (nSPS) is 10.3. The van der Waals surface area contributed by atoms with Crippen molar-refractivity contribution in [3.63, 3.8) is 0 Å². The lowest BCUT2D eigenvalue weighted by Crippen LogP contribution is -2.10. The first-order valence-corrected chi connectivity index (χ1v) is 6.95. The van der Waals surface area contributed by atoms with Crippen LogP contribution in [0.25, 0.3) is 0 Å². The lowest BCUT2D eigenvalue weighted by molar-refractivity contribution is 0.329. The first-order valence-electron chi connectivity index (χ1n) is 6.95. The van der Waals surface area contributed by atoms with Crippen LogP contribution in [0.1, 0.15) is 12.5 Å². The number of nitrogens with two attached hydrogens (primary N) is 1. The Morgan fingerprint density at radius 3 is 2.67 bits per heavy atom. The Bertz CT molecular complexity index is 626. The van der Waals surface area contributed by atoms with Crippen molar-refractivity contribution >= 4 is 22.9 Å². The third kappa shape index (κ3) is 3.56. The van der Waals surface area contributed by atoms with Gasteiger partial charge in [-0.15, -0.1) is 0 Å². The Labute approximate surface area is 125 Å². The van der Waals surface area contributed by atoms with E-state index in [-0.39, 0.29) is 0 Å². The molecule has 1 aromatic carbocycles. The standard InChI is InChI=1S/C16H22N4O/c1-5-21-16-13(17)8-9-15(19-16)18-12-7-6-11(2)14(10-12)20(3)4/h6-10H,5,17H2,1-4H3,(H,18,19). The lowest BCUT2D eigenvalue weighted by atomic mass is 10.1. The summed E-state index contributed by atoms with van der Waals surface area (Å²) in [6, 6.07) is 9.83. The fourth-order valence-electron chi connectivity index (χ4n) is 2.09. The van der Waals surface area contributed by atoms with Crippen LogP contribution in [-0.4, -0.2) is 25.7 Å². The molecule has 1 heterocycles. The van der Waals surface area contributed by atoms with E-state index < -0.39 is 0 Å². The summed E-state index contributed by atoms with van der Waals surface area (Å²) in [6.45, 7) is 4.54. The summed E-state index contributed by atoms with van der Waals surface area (Å²) in [6.07, 6.45) is 0. The van der Waals surface area contributed by atoms with Crippen molar-refractivity contribution in [2.24, 2.45) is 0 Å². The first-order chi connectivity index (χ1) is 10.0. The van der Waals surface area contributed by atoms with E-state index in [9.17, 15) is 0 Å². The maximum Gasteiger partial charge on any atom is 0.239 e. The second-order valence-corrected chi connectivity index (χ2v) is 5.04. The van der Waals surface area contributed by atoms with Gasteiger partial charge in [-0.3, -0.25) is 0 Å². The molecular formula is C16H22N4O. The molecule has 21 heavy (non-hydrogen) atoms. The number of hydrogen-bond donors (Lipinski definition) is 2. The molecule has 0 aliphatic rings. The van der Waals surface area contributed by atoms with Gasteiger partial charge >= 0.3 is 0 Å². The fourth-order valence-corrected chi connectivity index (χ4v) is 2.09. The molecule has 0 radical (unpaired) electrons. The molecule has 112 valence electrons. The van der Waals surface area contributed by atoms with Crippen LogP contribution in [-0.2, 0) is 0 Å². The van der Waals surface area contributed by atoms with Crippen LogP contribution in [0.4, 0.5) is 22.9 Å². The quantitative estimate of drug-likeness (QED) is 0.884. The molecule has 0 bridgehead atoms. The van der Waals surface area contributed by atoms with Crippen molar-refractivity contribution in [1.29, 1.82) is 0 Å². The highest BCUT2D eigenvalue weighted by atomic mass is 16.5. The van der Waals surface area contributed by atoms with Crippen LogP contribution in [0.15, 0.2) is 30.3 Å². The van der Waals surface area contributed by atoms with Gasteiger partial charge in [0, 0.05) is 25.5 Å². The zero-order valence-corrected chi connectivity index (χ0v) is 13.0. The monoisotopic (exact) mass is 286 g/mol. The summed E-state index contributed by atoms with van der Waals surface area (Å²) in [5.41, 5.74) is 9.74. The van der Waals surface area contributed by atoms with Crippen molar-refractivity contribution in [2.45, 2.75) is 13.8 Å². The number of nitrogens with zero attached hydrogens (tertiary/aromatic N) is 2. The first kappa shape index (κ1) is 15.0. The van der Waals surface area contributed by atoms with Gasteiger partial charge in [-0.05, 0) is 43.7 Å². The van der Waals surface area contributed by atoms with Crippen molar-refractivity contribution in [3.8, 4) is 5.88 Å². The number of nitrogen functional groups attached to an aromatic ring is 1. The molecule has 2 rings (SSSR count). The Balaban J connectivity index is 2.26. The summed E-state index contributed by atoms with van der Waals surface area (Å²) in [4.78, 5) is 6.47. The zero-order chi connectivity index (χ0) is 15.4. The second kappa shape index (κ2) is 6.35. The van der Waals surface area contributed by atoms with Gasteiger partial charge in [0.1, 0.15) is 5.82 Å². The smallest absolute Gasteiger partial charge is 0.239 e. The van der Waals surface area contributed by atoms with Gasteiger partial charge in [0.05, 0.1) is 12.3 Å². The van der Waals surface area contributed by atoms with E-state index in [1.54, 1.807) is 6.07 Å². The summed E-state index contributed by atoms with van der Waals surface area (Å²) in [5, 5.41) is 3.28. The maximum atomic E-state index is 5.83. The number of pyridine rings is 1. The Hall–Kier alpha value is -2.43. The van der Waals surface area contributed by atoms with E-state index >= 15 is 0 Å². The summed E-state index contributed by atoms with van der Waals surface area (Å²) >= 11 is 0. The van der Waals surface area contributed by atoms with E-state index in [4.69, 9.17) is 10.5 Å². The van der Waals surface area contributed by atoms with Crippen molar-refractivity contribution in [2.75, 3.05) is 36.7 Å². The van der Waals surface area contributed by atoms with Crippen LogP contribution in [0.2, 0.25) is 0 Å². The van der Waals surface area contributed by atoms with E-state index in [0.29, 0.717) is 24.0 Å². The topological polar surface area (TPSA) is 63.4 Å². The number of rotatable bonds is 5. The summed E-state index contributed by atoms with van der Waals surface area (Å²) < 4.78 is 5.41. The molecule has 0 spiro atoms. The highest BCUT2D eigenvalue weighted by Gasteiger charge is 2.06. The third-order valence-electron chi connectivity index (χ3n) is 3.13. The van der Waals surface area contributed by atoms with Gasteiger partial charge in [0.15, 0.2) is 0 Å². The second-order valence-electron chi connectivity index (χ2n) is 5.04. The molecule has 5 heteroatoms. The molecule has 0 amide bonds. The molecule has 5 nitrogen and oxygen atoms in total. The van der Waals surface area contributed by atoms with Crippen LogP contribution in [0, 0.1) is 6.92 Å². The number of hydrogen-bond acceptors (Lipinski definition) is 5. The average molecular weight is 286 g/mol. The highest BCUT2D eigenvalue weighted by molar-refractivity contribution is 5.67. The van der Waals surface area contributed by atoms with Gasteiger partial charge in [-0.2, -0.15) is 4.98 Å². The summed E-state index contributed by atoms with van der Waals surface area (Å²) in [5.74, 6) is 1.17. The van der Waals surface area contributed by atoms with Crippen molar-refractivity contribution in [3.05, 3.63) is 35.9 Å². The zero-order valence-electron chi connectivity index (χ0n) is 13.0. The van der Waals surface area contributed by atoms with Gasteiger partial charge in [-0.1, -0.05) is 6.07 Å². The average Bonchev–Trinajstić information content (AvgIpc) is 2.44. The molecule has 1 aromatic heterocycles. The number of aromatic nitrogens is 1. The van der Waals surface area contributed by atoms with Crippen LogP contribution >= 0.6 is 0 Å². The number of nitrogens with one attached hydrogen (secondary N) is 1. The highest BCUT2D eigenvalue weighted by Crippen LogP contribution is 2.26. The van der Waals surface area contributed by atoms with Crippen molar-refractivity contribution < 1.29 is 4.74 Å². The molecule has 0 fully saturated rings. The Morgan fingerprint density at radius 2 is 2.00 bits per heavy atom. The number of benzene rings is 1.